The molecule has 4 rings (SSSR count). The first kappa shape index (κ1) is 16.0. The third-order valence-electron chi connectivity index (χ3n) is 6.74. The fourth-order valence-corrected chi connectivity index (χ4v) is 6.76. The van der Waals surface area contributed by atoms with Crippen LogP contribution in [0.5, 0.6) is 0 Å². The van der Waals surface area contributed by atoms with Crippen LogP contribution < -0.4 is 0 Å². The van der Waals surface area contributed by atoms with Crippen molar-refractivity contribution in [2.75, 3.05) is 0 Å². The van der Waals surface area contributed by atoms with Crippen molar-refractivity contribution in [1.82, 2.24) is 0 Å². The SMILES string of the molecule is O=S(=O)([O-])C(F)(F)CC1CC2CC1C1C3CCC(C3)C21.[SH3+]. The minimum atomic E-state index is -5.52. The molecule has 0 aromatic rings. The Hall–Kier alpha value is 0.120. The lowest BCUT2D eigenvalue weighted by Gasteiger charge is -2.39. The normalized spacial score (nSPS) is 47.5. The van der Waals surface area contributed by atoms with Crippen molar-refractivity contribution in [3.63, 3.8) is 0 Å². The van der Waals surface area contributed by atoms with Gasteiger partial charge in [0, 0.05) is 6.42 Å². The Morgan fingerprint density at radius 2 is 1.62 bits per heavy atom. The van der Waals surface area contributed by atoms with Crippen LogP contribution in [0.25, 0.3) is 0 Å². The van der Waals surface area contributed by atoms with Crippen LogP contribution in [0.3, 0.4) is 0 Å². The van der Waals surface area contributed by atoms with Gasteiger partial charge < -0.3 is 4.55 Å². The molecule has 0 radical (unpaired) electrons. The molecule has 4 saturated carbocycles. The maximum Gasteiger partial charge on any atom is 0.334 e. The average molecular weight is 340 g/mol. The van der Waals surface area contributed by atoms with Crippen LogP contribution in [0.15, 0.2) is 0 Å². The number of hydrogen-bond donors (Lipinski definition) is 0. The predicted octanol–water partition coefficient (Wildman–Crippen LogP) is 2.03. The molecule has 0 spiro atoms. The zero-order valence-corrected chi connectivity index (χ0v) is 13.7. The second kappa shape index (κ2) is 4.81. The molecule has 4 bridgehead atoms. The molecule has 4 aliphatic rings. The van der Waals surface area contributed by atoms with Crippen LogP contribution in [0.1, 0.15) is 38.5 Å². The monoisotopic (exact) mass is 340 g/mol. The van der Waals surface area contributed by atoms with Crippen molar-refractivity contribution in [1.29, 1.82) is 0 Å². The van der Waals surface area contributed by atoms with E-state index in [0.29, 0.717) is 30.1 Å². The number of rotatable bonds is 3. The lowest BCUT2D eigenvalue weighted by atomic mass is 9.67. The Kier molecular flexibility index (Phi) is 3.66. The molecular formula is C14H22F2O3S2. The quantitative estimate of drug-likeness (QED) is 0.449. The first-order chi connectivity index (χ1) is 9.28. The molecule has 3 nitrogen and oxygen atoms in total. The van der Waals surface area contributed by atoms with Crippen LogP contribution in [0.2, 0.25) is 0 Å². The molecule has 7 heteroatoms. The summed E-state index contributed by atoms with van der Waals surface area (Å²) in [7, 11) is -5.52. The van der Waals surface area contributed by atoms with E-state index in [2.05, 4.69) is 0 Å². The minimum absolute atomic E-state index is 0. The third-order valence-corrected chi connectivity index (χ3v) is 7.64. The van der Waals surface area contributed by atoms with Crippen LogP contribution in [-0.2, 0) is 23.6 Å². The van der Waals surface area contributed by atoms with Crippen LogP contribution in [-0.4, -0.2) is 18.2 Å². The van der Waals surface area contributed by atoms with Gasteiger partial charge in [-0.05, 0) is 73.5 Å². The molecule has 0 aromatic heterocycles. The van der Waals surface area contributed by atoms with Crippen LogP contribution in [0, 0.1) is 41.4 Å². The molecule has 0 N–H and O–H groups in total. The molecule has 4 fully saturated rings. The molecule has 0 saturated heterocycles. The summed E-state index contributed by atoms with van der Waals surface area (Å²) in [5.41, 5.74) is 0. The molecule has 122 valence electrons. The molecule has 21 heavy (non-hydrogen) atoms. The zero-order valence-electron chi connectivity index (χ0n) is 11.8. The number of hydrogen-bond acceptors (Lipinski definition) is 3. The van der Waals surface area contributed by atoms with E-state index in [4.69, 9.17) is 0 Å². The molecule has 7 unspecified atom stereocenters. The van der Waals surface area contributed by atoms with Crippen molar-refractivity contribution >= 4 is 23.6 Å². The van der Waals surface area contributed by atoms with E-state index < -0.39 is 21.8 Å². The zero-order chi connectivity index (χ0) is 14.3. The molecule has 0 amide bonds. The second-order valence-corrected chi connectivity index (χ2v) is 8.94. The van der Waals surface area contributed by atoms with Gasteiger partial charge in [-0.25, -0.2) is 8.42 Å². The third kappa shape index (κ3) is 2.17. The van der Waals surface area contributed by atoms with Crippen LogP contribution >= 0.6 is 0 Å². The molecule has 4 aliphatic carbocycles. The van der Waals surface area contributed by atoms with Gasteiger partial charge in [0.25, 0.3) is 0 Å². The molecule has 7 atom stereocenters. The predicted molar refractivity (Wildman–Crippen MR) is 78.3 cm³/mol. The molecule has 0 heterocycles. The first-order valence-corrected chi connectivity index (χ1v) is 9.02. The van der Waals surface area contributed by atoms with E-state index in [1.807, 2.05) is 0 Å². The van der Waals surface area contributed by atoms with Gasteiger partial charge in [0.2, 0.25) is 0 Å². The van der Waals surface area contributed by atoms with Crippen molar-refractivity contribution in [3.05, 3.63) is 0 Å². The lowest BCUT2D eigenvalue weighted by Crippen LogP contribution is -2.37. The summed E-state index contributed by atoms with van der Waals surface area (Å²) in [6, 6.07) is 0. The summed E-state index contributed by atoms with van der Waals surface area (Å²) in [4.78, 5) is 0. The summed E-state index contributed by atoms with van der Waals surface area (Å²) in [5.74, 6) is 3.22. The Morgan fingerprint density at radius 3 is 2.24 bits per heavy atom. The van der Waals surface area contributed by atoms with Gasteiger partial charge >= 0.3 is 5.25 Å². The van der Waals surface area contributed by atoms with E-state index in [0.717, 1.165) is 12.3 Å². The fourth-order valence-electron chi connectivity index (χ4n) is 6.34. The highest BCUT2D eigenvalue weighted by Gasteiger charge is 2.63. The van der Waals surface area contributed by atoms with Crippen molar-refractivity contribution in [2.45, 2.75) is 43.8 Å². The standard InChI is InChI=1S/C14H20F2O3S.H2S/c15-14(16,20(17,18)19)6-10-4-9-5-11(10)13-8-2-1-7(3-8)12(9)13;/h7-13H,1-6H2,(H,17,18,19);1H2. The average Bonchev–Trinajstić information content (AvgIpc) is 3.04. The summed E-state index contributed by atoms with van der Waals surface area (Å²) < 4.78 is 59.2. The highest BCUT2D eigenvalue weighted by molar-refractivity contribution is 7.86. The Bertz CT molecular complexity index is 536. The second-order valence-electron chi connectivity index (χ2n) is 7.44. The van der Waals surface area contributed by atoms with E-state index in [-0.39, 0.29) is 25.3 Å². The summed E-state index contributed by atoms with van der Waals surface area (Å²) in [6.45, 7) is 0. The van der Waals surface area contributed by atoms with Gasteiger partial charge in [0.15, 0.2) is 10.1 Å². The van der Waals surface area contributed by atoms with Crippen molar-refractivity contribution in [3.8, 4) is 0 Å². The van der Waals surface area contributed by atoms with Gasteiger partial charge in [0.05, 0.1) is 0 Å². The fraction of sp³-hybridized carbons (Fsp3) is 1.00. The highest BCUT2D eigenvalue weighted by atomic mass is 32.2. The van der Waals surface area contributed by atoms with Crippen molar-refractivity contribution < 1.29 is 21.8 Å². The molecule has 0 aromatic carbocycles. The number of fused-ring (bicyclic) bond motifs is 9. The van der Waals surface area contributed by atoms with Gasteiger partial charge in [-0.1, -0.05) is 13.5 Å². The Morgan fingerprint density at radius 1 is 1.00 bits per heavy atom. The summed E-state index contributed by atoms with van der Waals surface area (Å²) >= 11 is 0. The Balaban J connectivity index is 0.00000132. The van der Waals surface area contributed by atoms with Crippen molar-refractivity contribution in [2.24, 2.45) is 41.4 Å². The maximum atomic E-state index is 13.5. The minimum Gasteiger partial charge on any atom is -0.743 e. The van der Waals surface area contributed by atoms with E-state index in [1.165, 1.54) is 19.3 Å². The van der Waals surface area contributed by atoms with E-state index in [9.17, 15) is 21.8 Å². The number of alkyl halides is 2. The lowest BCUT2D eigenvalue weighted by molar-refractivity contribution is 0.0178. The van der Waals surface area contributed by atoms with Crippen LogP contribution in [0.4, 0.5) is 8.78 Å². The van der Waals surface area contributed by atoms with Gasteiger partial charge in [-0.3, -0.25) is 0 Å². The summed E-state index contributed by atoms with van der Waals surface area (Å²) in [5, 5.41) is -4.09. The molecular weight excluding hydrogens is 318 g/mol. The maximum absolute atomic E-state index is 13.5. The molecule has 0 aliphatic heterocycles. The van der Waals surface area contributed by atoms with Gasteiger partial charge in [-0.2, -0.15) is 8.78 Å². The van der Waals surface area contributed by atoms with Gasteiger partial charge in [0.1, 0.15) is 0 Å². The van der Waals surface area contributed by atoms with E-state index >= 15 is 0 Å². The largest absolute Gasteiger partial charge is 0.743 e. The van der Waals surface area contributed by atoms with Gasteiger partial charge in [-0.15, -0.1) is 0 Å². The Labute approximate surface area is 131 Å². The highest BCUT2D eigenvalue weighted by Crippen LogP contribution is 2.69. The number of halogens is 2. The first-order valence-electron chi connectivity index (χ1n) is 7.61. The smallest absolute Gasteiger partial charge is 0.334 e. The summed E-state index contributed by atoms with van der Waals surface area (Å²) in [6.07, 6.45) is 4.72. The van der Waals surface area contributed by atoms with E-state index in [1.54, 1.807) is 0 Å². The topological polar surface area (TPSA) is 57.2 Å².